The van der Waals surface area contributed by atoms with Crippen LogP contribution in [0.15, 0.2) is 109 Å². The van der Waals surface area contributed by atoms with Crippen LogP contribution in [-0.4, -0.2) is 153 Å². The Morgan fingerprint density at radius 2 is 0.752 bits per heavy atom. The third-order valence-electron chi connectivity index (χ3n) is 18.9. The summed E-state index contributed by atoms with van der Waals surface area (Å²) in [6.07, 6.45) is -18.4. The van der Waals surface area contributed by atoms with Gasteiger partial charge in [0, 0.05) is 23.8 Å². The van der Waals surface area contributed by atoms with Gasteiger partial charge in [-0.1, -0.05) is 71.4 Å². The Kier molecular flexibility index (Phi) is 48.6. The summed E-state index contributed by atoms with van der Waals surface area (Å²) in [5.74, 6) is -10.9. The Bertz CT molecular complexity index is 5170. The summed E-state index contributed by atoms with van der Waals surface area (Å²) >= 11 is 6.02. The summed E-state index contributed by atoms with van der Waals surface area (Å²) in [7, 11) is 4.30. The fourth-order valence-electron chi connectivity index (χ4n) is 10.9. The molecule has 0 amide bonds. The normalized spacial score (nSPS) is 13.8. The van der Waals surface area contributed by atoms with Crippen molar-refractivity contribution in [3.8, 4) is 0 Å². The van der Waals surface area contributed by atoms with Crippen molar-refractivity contribution >= 4 is 146 Å². The van der Waals surface area contributed by atoms with Gasteiger partial charge in [0.25, 0.3) is 0 Å². The molecule has 17 nitrogen and oxygen atoms in total. The number of carbonyl (C=O) groups excluding carboxylic acids is 4. The number of hydrogen-bond donors (Lipinski definition) is 3. The van der Waals surface area contributed by atoms with Gasteiger partial charge in [0.2, 0.25) is 0 Å². The molecule has 7 aromatic carbocycles. The zero-order valence-electron chi connectivity index (χ0n) is 74.6. The Balaban J connectivity index is 0. The molecule has 10 rings (SSSR count). The molecular weight excluding hydrogens is 2110 g/mol. The van der Waals surface area contributed by atoms with E-state index in [4.69, 9.17) is 32.1 Å². The minimum atomic E-state index is -4.70. The molecule has 1 heterocycles. The molecule has 0 bridgehead atoms. The molecule has 2 aliphatic carbocycles. The molecule has 1 radical (unpaired) electrons. The van der Waals surface area contributed by atoms with Crippen molar-refractivity contribution in [3.05, 3.63) is 251 Å². The van der Waals surface area contributed by atoms with Crippen molar-refractivity contribution in [3.63, 3.8) is 0 Å². The van der Waals surface area contributed by atoms with Crippen molar-refractivity contribution < 1.29 is 222 Å². The minimum Gasteiger partial charge on any atom is -0.859 e. The molecule has 1 atom stereocenters. The number of allylic oxidation sites excluding steroid dienone is 2. The molecule has 0 aromatic heterocycles. The van der Waals surface area contributed by atoms with E-state index >= 15 is 0 Å². The first-order valence-electron chi connectivity index (χ1n) is 37.5. The first-order chi connectivity index (χ1) is 59.3. The fraction of sp³-hybridized carbons (Fsp3) is 0.369. The van der Waals surface area contributed by atoms with E-state index in [9.17, 15) is 126 Å². The van der Waals surface area contributed by atoms with Crippen LogP contribution in [0.3, 0.4) is 0 Å². The molecule has 0 spiro atoms. The van der Waals surface area contributed by atoms with E-state index in [0.29, 0.717) is 23.7 Å². The van der Waals surface area contributed by atoms with Gasteiger partial charge >= 0.3 is 125 Å². The van der Waals surface area contributed by atoms with Gasteiger partial charge in [0.15, 0.2) is 0 Å². The zero-order chi connectivity index (χ0) is 102. The van der Waals surface area contributed by atoms with Gasteiger partial charge < -0.3 is 48.4 Å². The maximum Gasteiger partial charge on any atom is 1.00 e. The summed E-state index contributed by atoms with van der Waals surface area (Å²) in [6.45, 7) is 28.1. The van der Waals surface area contributed by atoms with E-state index in [-0.39, 0.29) is 150 Å². The number of carboxylic acids is 3. The van der Waals surface area contributed by atoms with E-state index in [1.54, 1.807) is 32.6 Å². The predicted molar refractivity (Wildman–Crippen MR) is 466 cm³/mol. The second-order valence-corrected chi connectivity index (χ2v) is 36.5. The average Bonchev–Trinajstić information content (AvgIpc) is 1.57. The van der Waals surface area contributed by atoms with Crippen LogP contribution < -0.4 is 61.6 Å². The van der Waals surface area contributed by atoms with Crippen LogP contribution in [0.5, 0.6) is 0 Å². The smallest absolute Gasteiger partial charge is 0.859 e. The second-order valence-electron chi connectivity index (χ2n) is 29.0. The van der Waals surface area contributed by atoms with Crippen LogP contribution in [0, 0.1) is 96.3 Å². The number of methoxy groups -OCH3 is 4. The predicted octanol–water partition coefficient (Wildman–Crippen LogP) is 19.4. The van der Waals surface area contributed by atoms with Gasteiger partial charge in [-0.25, -0.2) is 64.3 Å². The van der Waals surface area contributed by atoms with Gasteiger partial charge in [-0.2, -0.15) is 61.8 Å². The number of rotatable bonds is 11. The van der Waals surface area contributed by atoms with E-state index in [1.807, 2.05) is 72.9 Å². The van der Waals surface area contributed by atoms with Gasteiger partial charge in [-0.15, -0.1) is 0 Å². The van der Waals surface area contributed by atoms with Gasteiger partial charge in [0.05, 0.1) is 108 Å². The van der Waals surface area contributed by atoms with E-state index in [0.717, 1.165) is 50.6 Å². The second kappa shape index (κ2) is 52.1. The molecule has 3 N–H and O–H groups in total. The number of carbonyl (C=O) groups is 7. The monoisotopic (exact) mass is 2210 g/mol. The average molecular weight is 2210 g/mol. The molecule has 45 heteroatoms. The zero-order valence-corrected chi connectivity index (χ0v) is 83.8. The maximum atomic E-state index is 13.8. The molecule has 129 heavy (non-hydrogen) atoms. The number of hydrogen-bond acceptors (Lipinski definition) is 14. The molecule has 7 aromatic rings. The third-order valence-corrected chi connectivity index (χ3v) is 21.2. The number of carboxylic acid groups (broad SMARTS) is 3. The van der Waals surface area contributed by atoms with Crippen molar-refractivity contribution in [1.29, 1.82) is 1.34 Å². The third kappa shape index (κ3) is 34.2. The first kappa shape index (κ1) is 120. The summed E-state index contributed by atoms with van der Waals surface area (Å²) in [5.41, 5.74) is -7.37. The van der Waals surface area contributed by atoms with Crippen LogP contribution in [0.1, 0.15) is 183 Å². The summed E-state index contributed by atoms with van der Waals surface area (Å²) < 4.78 is 293. The Morgan fingerprint density at radius 1 is 0.481 bits per heavy atom. The number of alkyl halides is 13. The van der Waals surface area contributed by atoms with Gasteiger partial charge in [0.1, 0.15) is 48.2 Å². The number of benzene rings is 7. The van der Waals surface area contributed by atoms with E-state index < -0.39 is 173 Å². The maximum absolute atomic E-state index is 13.8. The van der Waals surface area contributed by atoms with Crippen LogP contribution in [-0.2, 0) is 39.1 Å². The Morgan fingerprint density at radius 3 is 1.06 bits per heavy atom. The molecule has 705 valence electrons. The van der Waals surface area contributed by atoms with Gasteiger partial charge in [-0.3, -0.25) is 4.39 Å². The summed E-state index contributed by atoms with van der Waals surface area (Å²) in [6, 6.07) is 18.0. The fourth-order valence-corrected chi connectivity index (χ4v) is 12.6. The Labute approximate surface area is 817 Å². The molecule has 1 saturated heterocycles. The Hall–Kier alpha value is -6.86. The minimum absolute atomic E-state index is 0. The van der Waals surface area contributed by atoms with Crippen molar-refractivity contribution in [2.45, 2.75) is 168 Å². The largest absolute Gasteiger partial charge is 1.00 e. The molecule has 1 aliphatic heterocycles. The van der Waals surface area contributed by atoms with Crippen LogP contribution in [0.25, 0.3) is 5.57 Å². The quantitative estimate of drug-likeness (QED) is 0.0271. The number of esters is 4. The molecule has 3 fully saturated rings. The molecular formula is C84H90B2BrF20I2KO17PSi. The van der Waals surface area contributed by atoms with Crippen molar-refractivity contribution in [1.82, 2.24) is 0 Å². The number of ether oxygens (including phenoxy) is 4. The van der Waals surface area contributed by atoms with Crippen LogP contribution in [0.4, 0.5) is 87.8 Å². The molecule has 2 saturated carbocycles. The van der Waals surface area contributed by atoms with Gasteiger partial charge in [-0.05, 0) is 269 Å². The van der Waals surface area contributed by atoms with Crippen LogP contribution in [0.2, 0.25) is 19.6 Å². The van der Waals surface area contributed by atoms with Crippen molar-refractivity contribution in [2.75, 3.05) is 35.6 Å². The molecule has 1 unspecified atom stereocenters. The van der Waals surface area contributed by atoms with E-state index in [1.165, 1.54) is 112 Å². The number of aromatic carboxylic acids is 3. The summed E-state index contributed by atoms with van der Waals surface area (Å²) in [4.78, 5) is 88.6. The topological polar surface area (TPSA) is 259 Å². The first-order valence-corrected chi connectivity index (χ1v) is 43.3. The summed E-state index contributed by atoms with van der Waals surface area (Å²) in [5, 5.41) is 26.2. The number of halogens is 23. The molecule has 3 aliphatic rings. The SMILES string of the molecule is C=C(Br)C(F)(F)F.C=C(c1ccc(F)c(C)c1C(=O)OC)C(F)(F)F.COC(=O)c1c(B2OC(C)(C)C(C)(C)O2)ccc(F)c1C.COC(=O)c1c(C2(C(F)(F)F)CC2)ccc(F)c1C.COC(=O)c1c(I)ccc(F)c1C.C[Si](C)(C)[O-].Cc1c(F)ccc(C2(C(F)(F)F)CC2)c1C(=O)O.Cc1c(F)ccc(I)c1C(=O)O.Cc1c(F)cccc1C(=O)O.[2H]CF.[2H][B]P.[K+]. The van der Waals surface area contributed by atoms with E-state index in [2.05, 4.69) is 52.4 Å². The van der Waals surface area contributed by atoms with Crippen molar-refractivity contribution in [2.24, 2.45) is 0 Å². The van der Waals surface area contributed by atoms with Crippen LogP contribution >= 0.6 is 70.2 Å². The standard InChI is InChI=1S/C15H20BFO4.C13H12F4O2.2C12H10F4O2.C9H8FIO2.C8H6FIO2.C8H7FO2.C3H2BrF3.C3H9OSi.CH3F.BH3P.K/c1-9-11(17)8-7-10(12(9)13(18)19-6)16-20-14(2,3)15(4,5)21-16;1-7-9(14)4-3-8(10(7)11(18)19-2)12(5-6-12)13(15,16)17;1-6-8(13)3-2-7(9(6)10(17)18)11(4-5-11)12(14,15)16;1-6-9(13)5-4-8(7(2)12(14,15)16)10(6)11(17)18-3;1-5-6(10)3-4-7(11)8(5)9(12)13-2;1-4-5(9)2-3-6(10)7(4)8(11)12;1-5-6(8(10)11)3-2-4-7(5)9;1-2(4)3(5,6)7;1-5(2,3)4;2*1-2;/h7-8H,1-6H3;3-4H,5-6H2,1-2H3;2-3H,4-5H2,1H3,(H,17,18);4-5H,2H2,1,3H3;3-4H,1-2H3;2-3H,1H3,(H,11,12);2-4H,1H3,(H,10,11);1H2;1-3H3;1H3;1H,2H2;/q;;;;;;;;-1;;;+1/i;;;;;;;;;2*1D;.